The van der Waals surface area contributed by atoms with E-state index in [-0.39, 0.29) is 11.8 Å². The van der Waals surface area contributed by atoms with Gasteiger partial charge in [-0.3, -0.25) is 4.99 Å². The van der Waals surface area contributed by atoms with Crippen LogP contribution in [0.3, 0.4) is 0 Å². The van der Waals surface area contributed by atoms with Gasteiger partial charge in [0.1, 0.15) is 29.0 Å². The molecule has 34 heavy (non-hydrogen) atoms. The highest BCUT2D eigenvalue weighted by Crippen LogP contribution is 2.33. The summed E-state index contributed by atoms with van der Waals surface area (Å²) in [5.74, 6) is 2.22. The van der Waals surface area contributed by atoms with Crippen molar-refractivity contribution in [2.75, 3.05) is 50.0 Å². The minimum absolute atomic E-state index is 0.174. The Morgan fingerprint density at radius 3 is 2.71 bits per heavy atom. The van der Waals surface area contributed by atoms with Gasteiger partial charge in [0, 0.05) is 38.3 Å². The zero-order valence-electron chi connectivity index (χ0n) is 19.8. The smallest absolute Gasteiger partial charge is 0.325 e. The maximum absolute atomic E-state index is 14.7. The van der Waals surface area contributed by atoms with Crippen LogP contribution in [0.15, 0.2) is 52.6 Å². The Hall–Kier alpha value is -3.52. The van der Waals surface area contributed by atoms with Crippen LogP contribution in [0.25, 0.3) is 6.08 Å². The molecule has 1 N–H and O–H groups in total. The van der Waals surface area contributed by atoms with Crippen molar-refractivity contribution >= 4 is 23.5 Å². The van der Waals surface area contributed by atoms with Crippen LogP contribution in [0.2, 0.25) is 0 Å². The first-order chi connectivity index (χ1) is 16.5. The van der Waals surface area contributed by atoms with Gasteiger partial charge in [0.2, 0.25) is 0 Å². The number of nitrogens with zero attached hydrogens (tertiary/aromatic N) is 5. The monoisotopic (exact) mass is 460 g/mol. The number of rotatable bonds is 5. The van der Waals surface area contributed by atoms with Crippen molar-refractivity contribution in [2.45, 2.75) is 20.3 Å². The van der Waals surface area contributed by atoms with Gasteiger partial charge in [0.15, 0.2) is 0 Å². The van der Waals surface area contributed by atoms with Crippen molar-refractivity contribution in [2.24, 2.45) is 4.99 Å². The number of benzene rings is 1. The SMILES string of the molecule is C/C=C/C1=CC(Nc2cc(N3CCN(C)CC3)nc(Oc3cc(F)c4c(c3)C=C(C)C4)n2)=NC1. The molecular weight excluding hydrogens is 431 g/mol. The molecule has 1 aromatic carbocycles. The Kier molecular flexibility index (Phi) is 6.15. The number of ether oxygens (including phenoxy) is 1. The van der Waals surface area contributed by atoms with Gasteiger partial charge in [-0.05, 0) is 56.2 Å². The minimum Gasteiger partial charge on any atom is -0.424 e. The number of aromatic nitrogens is 2. The summed E-state index contributed by atoms with van der Waals surface area (Å²) >= 11 is 0. The van der Waals surface area contributed by atoms with E-state index in [1.807, 2.05) is 50.3 Å². The Bertz CT molecular complexity index is 1220. The molecule has 3 aliphatic rings. The summed E-state index contributed by atoms with van der Waals surface area (Å²) in [4.78, 5) is 18.3. The molecule has 1 aromatic heterocycles. The number of aliphatic imine (C=N–C) groups is 1. The number of anilines is 2. The molecule has 2 aromatic rings. The first-order valence-corrected chi connectivity index (χ1v) is 11.6. The lowest BCUT2D eigenvalue weighted by Gasteiger charge is -2.33. The predicted molar refractivity (Wildman–Crippen MR) is 134 cm³/mol. The van der Waals surface area contributed by atoms with E-state index >= 15 is 0 Å². The Balaban J connectivity index is 1.44. The van der Waals surface area contributed by atoms with Crippen LogP contribution >= 0.6 is 0 Å². The number of nitrogens with one attached hydrogen (secondary N) is 1. The van der Waals surface area contributed by atoms with Crippen molar-refractivity contribution < 1.29 is 9.13 Å². The molecule has 1 saturated heterocycles. The first kappa shape index (κ1) is 22.3. The average molecular weight is 461 g/mol. The average Bonchev–Trinajstić information content (AvgIpc) is 3.40. The van der Waals surface area contributed by atoms with Crippen molar-refractivity contribution in [1.82, 2.24) is 14.9 Å². The highest BCUT2D eigenvalue weighted by Gasteiger charge is 2.20. The van der Waals surface area contributed by atoms with E-state index in [1.54, 1.807) is 0 Å². The first-order valence-electron chi connectivity index (χ1n) is 11.6. The van der Waals surface area contributed by atoms with Crippen LogP contribution in [0.1, 0.15) is 25.0 Å². The lowest BCUT2D eigenvalue weighted by molar-refractivity contribution is 0.311. The second-order valence-corrected chi connectivity index (χ2v) is 8.97. The molecule has 176 valence electrons. The normalized spacial score (nSPS) is 18.1. The molecule has 8 heteroatoms. The topological polar surface area (TPSA) is 65.9 Å². The van der Waals surface area contributed by atoms with Gasteiger partial charge < -0.3 is 19.9 Å². The maximum Gasteiger partial charge on any atom is 0.325 e. The molecule has 7 nitrogen and oxygen atoms in total. The Morgan fingerprint density at radius 1 is 1.09 bits per heavy atom. The van der Waals surface area contributed by atoms with E-state index in [4.69, 9.17) is 4.74 Å². The summed E-state index contributed by atoms with van der Waals surface area (Å²) in [6.07, 6.45) is 8.67. The molecular formula is C26H29FN6O. The van der Waals surface area contributed by atoms with Gasteiger partial charge in [-0.25, -0.2) is 4.39 Å². The Morgan fingerprint density at radius 2 is 1.91 bits per heavy atom. The summed E-state index contributed by atoms with van der Waals surface area (Å²) in [7, 11) is 2.12. The number of likely N-dealkylation sites (N-methyl/N-ethyl adjacent to an activating group) is 1. The molecule has 1 fully saturated rings. The molecule has 0 bridgehead atoms. The zero-order chi connectivity index (χ0) is 23.7. The molecule has 2 aliphatic heterocycles. The van der Waals surface area contributed by atoms with E-state index in [1.165, 1.54) is 6.07 Å². The zero-order valence-corrected chi connectivity index (χ0v) is 19.8. The Labute approximate surface area is 199 Å². The number of fused-ring (bicyclic) bond motifs is 1. The molecule has 0 atom stereocenters. The number of hydrogen-bond acceptors (Lipinski definition) is 7. The van der Waals surface area contributed by atoms with Crippen molar-refractivity contribution in [3.05, 3.63) is 64.5 Å². The summed E-state index contributed by atoms with van der Waals surface area (Å²) in [5.41, 5.74) is 3.82. The van der Waals surface area contributed by atoms with Crippen LogP contribution < -0.4 is 15.0 Å². The van der Waals surface area contributed by atoms with Crippen LogP contribution in [-0.2, 0) is 6.42 Å². The number of hydrogen-bond donors (Lipinski definition) is 1. The van der Waals surface area contributed by atoms with Gasteiger partial charge >= 0.3 is 6.01 Å². The van der Waals surface area contributed by atoms with Gasteiger partial charge in [0.05, 0.1) is 6.54 Å². The van der Waals surface area contributed by atoms with Gasteiger partial charge in [-0.2, -0.15) is 9.97 Å². The predicted octanol–water partition coefficient (Wildman–Crippen LogP) is 4.45. The molecule has 0 saturated carbocycles. The van der Waals surface area contributed by atoms with Crippen LogP contribution in [0.4, 0.5) is 16.0 Å². The molecule has 0 spiro atoms. The highest BCUT2D eigenvalue weighted by molar-refractivity contribution is 6.05. The fourth-order valence-electron chi connectivity index (χ4n) is 4.39. The highest BCUT2D eigenvalue weighted by atomic mass is 19.1. The van der Waals surface area contributed by atoms with Crippen molar-refractivity contribution in [3.63, 3.8) is 0 Å². The van der Waals surface area contributed by atoms with E-state index in [9.17, 15) is 4.39 Å². The van der Waals surface area contributed by atoms with E-state index in [0.717, 1.165) is 54.5 Å². The van der Waals surface area contributed by atoms with Gasteiger partial charge in [-0.1, -0.05) is 23.8 Å². The summed E-state index contributed by atoms with van der Waals surface area (Å²) in [6.45, 7) is 8.24. The fourth-order valence-corrected chi connectivity index (χ4v) is 4.39. The lowest BCUT2D eigenvalue weighted by Crippen LogP contribution is -2.44. The number of piperazine rings is 1. The molecule has 1 aliphatic carbocycles. The largest absolute Gasteiger partial charge is 0.424 e. The minimum atomic E-state index is -0.267. The standard InChI is InChI=1S/C26H29FN6O/c1-4-5-18-12-23(28-16-18)29-24-15-25(33-8-6-32(3)7-9-33)31-26(30-24)34-20-13-19-10-17(2)11-21(19)22(27)14-20/h4-5,10,12-15H,6-9,11,16H2,1-3H3,(H,28,29,30,31)/b5-4+. The van der Waals surface area contributed by atoms with Crippen LogP contribution in [0, 0.1) is 5.82 Å². The lowest BCUT2D eigenvalue weighted by atomic mass is 10.1. The van der Waals surface area contributed by atoms with E-state index in [0.29, 0.717) is 30.1 Å². The van der Waals surface area contributed by atoms with Crippen molar-refractivity contribution in [3.8, 4) is 11.8 Å². The van der Waals surface area contributed by atoms with E-state index < -0.39 is 0 Å². The van der Waals surface area contributed by atoms with Crippen LogP contribution in [0.5, 0.6) is 11.8 Å². The van der Waals surface area contributed by atoms with Gasteiger partial charge in [0.25, 0.3) is 0 Å². The summed E-state index contributed by atoms with van der Waals surface area (Å²) in [5, 5.41) is 3.29. The van der Waals surface area contributed by atoms with Gasteiger partial charge in [-0.15, -0.1) is 0 Å². The third-order valence-electron chi connectivity index (χ3n) is 6.18. The number of amidine groups is 1. The quantitative estimate of drug-likeness (QED) is 0.712. The fraction of sp³-hybridized carbons (Fsp3) is 0.346. The molecule has 3 heterocycles. The molecule has 0 amide bonds. The number of halogens is 1. The molecule has 0 unspecified atom stereocenters. The maximum atomic E-state index is 14.7. The van der Waals surface area contributed by atoms with Crippen LogP contribution in [-0.4, -0.2) is 60.5 Å². The molecule has 0 radical (unpaired) electrons. The summed E-state index contributed by atoms with van der Waals surface area (Å²) < 4.78 is 20.7. The van der Waals surface area contributed by atoms with Crippen molar-refractivity contribution in [1.29, 1.82) is 0 Å². The summed E-state index contributed by atoms with van der Waals surface area (Å²) in [6, 6.07) is 5.35. The second-order valence-electron chi connectivity index (χ2n) is 8.97. The number of allylic oxidation sites excluding steroid dienone is 2. The third-order valence-corrected chi connectivity index (χ3v) is 6.18. The third kappa shape index (κ3) is 4.87. The van der Waals surface area contributed by atoms with E-state index in [2.05, 4.69) is 37.1 Å². The second kappa shape index (κ2) is 9.38. The molecule has 5 rings (SSSR count).